The summed E-state index contributed by atoms with van der Waals surface area (Å²) in [4.78, 5) is 25.5. The number of nitrogens with zero attached hydrogens (tertiary/aromatic N) is 4. The van der Waals surface area contributed by atoms with Gasteiger partial charge in [-0.05, 0) is 38.1 Å². The molecule has 2 N–H and O–H groups in total. The van der Waals surface area contributed by atoms with Crippen LogP contribution in [0.15, 0.2) is 36.5 Å². The van der Waals surface area contributed by atoms with Crippen molar-refractivity contribution >= 4 is 34.6 Å². The Kier molecular flexibility index (Phi) is 4.73. The molecule has 2 aromatic heterocycles. The summed E-state index contributed by atoms with van der Waals surface area (Å²) in [7, 11) is 0. The SMILES string of the molecule is CC(=O)N(O)c1cccc(Nc2nccc(-c3sc(C)nc3C)n2)c1. The van der Waals surface area contributed by atoms with Gasteiger partial charge < -0.3 is 5.32 Å². The molecule has 2 heterocycles. The van der Waals surface area contributed by atoms with Gasteiger partial charge in [0.15, 0.2) is 0 Å². The van der Waals surface area contributed by atoms with Crippen molar-refractivity contribution in [1.82, 2.24) is 15.0 Å². The number of hydrogen-bond donors (Lipinski definition) is 2. The Labute approximate surface area is 149 Å². The van der Waals surface area contributed by atoms with E-state index in [0.29, 0.717) is 22.4 Å². The molecule has 0 aliphatic heterocycles. The first-order valence-electron chi connectivity index (χ1n) is 7.58. The number of thiazole rings is 1. The van der Waals surface area contributed by atoms with E-state index in [2.05, 4.69) is 20.3 Å². The number of rotatable bonds is 4. The number of amides is 1. The van der Waals surface area contributed by atoms with Crippen molar-refractivity contribution in [3.8, 4) is 10.6 Å². The first-order chi connectivity index (χ1) is 11.9. The maximum absolute atomic E-state index is 11.3. The summed E-state index contributed by atoms with van der Waals surface area (Å²) in [5.41, 5.74) is 2.76. The molecule has 1 amide bonds. The van der Waals surface area contributed by atoms with Crippen LogP contribution in [0, 0.1) is 13.8 Å². The van der Waals surface area contributed by atoms with Crippen LogP contribution in [0.3, 0.4) is 0 Å². The zero-order valence-electron chi connectivity index (χ0n) is 14.0. The minimum atomic E-state index is -0.466. The highest BCUT2D eigenvalue weighted by Gasteiger charge is 2.11. The first kappa shape index (κ1) is 17.0. The smallest absolute Gasteiger partial charge is 0.247 e. The summed E-state index contributed by atoms with van der Waals surface area (Å²) < 4.78 is 0. The van der Waals surface area contributed by atoms with Crippen molar-refractivity contribution in [1.29, 1.82) is 0 Å². The molecular formula is C17H17N5O2S. The second-order valence-corrected chi connectivity index (χ2v) is 6.62. The highest BCUT2D eigenvalue weighted by atomic mass is 32.1. The van der Waals surface area contributed by atoms with E-state index in [9.17, 15) is 10.0 Å². The van der Waals surface area contributed by atoms with Crippen molar-refractivity contribution < 1.29 is 10.0 Å². The van der Waals surface area contributed by atoms with Crippen LogP contribution in [0.25, 0.3) is 10.6 Å². The molecule has 0 unspecified atom stereocenters. The quantitative estimate of drug-likeness (QED) is 0.548. The summed E-state index contributed by atoms with van der Waals surface area (Å²) in [6, 6.07) is 8.64. The number of carbonyl (C=O) groups is 1. The van der Waals surface area contributed by atoms with Crippen molar-refractivity contribution in [3.63, 3.8) is 0 Å². The standard InChI is InChI=1S/C17H17N5O2S/c1-10-16(25-11(2)19-10)15-7-8-18-17(21-15)20-13-5-4-6-14(9-13)22(24)12(3)23/h4-9,24H,1-3H3,(H,18,20,21). The molecule has 0 saturated carbocycles. The van der Waals surface area contributed by atoms with Gasteiger partial charge in [-0.15, -0.1) is 11.3 Å². The highest BCUT2D eigenvalue weighted by Crippen LogP contribution is 2.29. The van der Waals surface area contributed by atoms with Gasteiger partial charge in [0.1, 0.15) is 0 Å². The Morgan fingerprint density at radius 3 is 2.72 bits per heavy atom. The molecule has 0 atom stereocenters. The normalized spacial score (nSPS) is 10.6. The fourth-order valence-corrected chi connectivity index (χ4v) is 3.23. The highest BCUT2D eigenvalue weighted by molar-refractivity contribution is 7.15. The Morgan fingerprint density at radius 1 is 1.24 bits per heavy atom. The van der Waals surface area contributed by atoms with Gasteiger partial charge in [0.2, 0.25) is 11.9 Å². The molecule has 0 radical (unpaired) electrons. The molecule has 0 bridgehead atoms. The molecule has 0 fully saturated rings. The van der Waals surface area contributed by atoms with Gasteiger partial charge in [-0.1, -0.05) is 6.07 Å². The summed E-state index contributed by atoms with van der Waals surface area (Å²) in [6.45, 7) is 5.20. The number of hydroxylamine groups is 1. The van der Waals surface area contributed by atoms with Gasteiger partial charge in [0.25, 0.3) is 0 Å². The van der Waals surface area contributed by atoms with Gasteiger partial charge in [-0.3, -0.25) is 10.0 Å². The fourth-order valence-electron chi connectivity index (χ4n) is 2.34. The number of aryl methyl sites for hydroxylation is 2. The number of carbonyl (C=O) groups excluding carboxylic acids is 1. The maximum atomic E-state index is 11.3. The Balaban J connectivity index is 1.87. The zero-order valence-corrected chi connectivity index (χ0v) is 14.8. The van der Waals surface area contributed by atoms with E-state index in [0.717, 1.165) is 21.3 Å². The van der Waals surface area contributed by atoms with E-state index >= 15 is 0 Å². The average Bonchev–Trinajstić information content (AvgIpc) is 2.93. The van der Waals surface area contributed by atoms with Crippen molar-refractivity contribution in [3.05, 3.63) is 47.2 Å². The monoisotopic (exact) mass is 355 g/mol. The molecular weight excluding hydrogens is 338 g/mol. The number of hydrogen-bond acceptors (Lipinski definition) is 7. The van der Waals surface area contributed by atoms with Crippen LogP contribution in [0.1, 0.15) is 17.6 Å². The minimum Gasteiger partial charge on any atom is -0.324 e. The number of nitrogens with one attached hydrogen (secondary N) is 1. The van der Waals surface area contributed by atoms with Crippen LogP contribution in [0.4, 0.5) is 17.3 Å². The van der Waals surface area contributed by atoms with Gasteiger partial charge in [0, 0.05) is 18.8 Å². The van der Waals surface area contributed by atoms with Gasteiger partial charge in [-0.2, -0.15) is 5.06 Å². The molecule has 128 valence electrons. The third-order valence-electron chi connectivity index (χ3n) is 3.44. The molecule has 3 rings (SSSR count). The van der Waals surface area contributed by atoms with Crippen molar-refractivity contribution in [2.75, 3.05) is 10.4 Å². The number of aromatic nitrogens is 3. The van der Waals surface area contributed by atoms with Crippen LogP contribution < -0.4 is 10.4 Å². The van der Waals surface area contributed by atoms with Gasteiger partial charge in [0.05, 0.1) is 27.0 Å². The van der Waals surface area contributed by atoms with Crippen LogP contribution in [0.5, 0.6) is 0 Å². The predicted molar refractivity (Wildman–Crippen MR) is 97.3 cm³/mol. The Morgan fingerprint density at radius 2 is 2.04 bits per heavy atom. The van der Waals surface area contributed by atoms with E-state index < -0.39 is 5.91 Å². The Hall–Kier alpha value is -2.84. The van der Waals surface area contributed by atoms with Crippen molar-refractivity contribution in [2.45, 2.75) is 20.8 Å². The third kappa shape index (κ3) is 3.81. The van der Waals surface area contributed by atoms with E-state index in [1.165, 1.54) is 6.92 Å². The number of benzene rings is 1. The minimum absolute atomic E-state index is 0.364. The number of anilines is 3. The third-order valence-corrected chi connectivity index (χ3v) is 4.53. The van der Waals surface area contributed by atoms with Crippen LogP contribution in [0.2, 0.25) is 0 Å². The van der Waals surface area contributed by atoms with Gasteiger partial charge >= 0.3 is 0 Å². The first-order valence-corrected chi connectivity index (χ1v) is 8.40. The largest absolute Gasteiger partial charge is 0.324 e. The molecule has 0 aliphatic carbocycles. The predicted octanol–water partition coefficient (Wildman–Crippen LogP) is 3.70. The summed E-state index contributed by atoms with van der Waals surface area (Å²) in [5.74, 6) is -0.0427. The molecule has 0 saturated heterocycles. The summed E-state index contributed by atoms with van der Waals surface area (Å²) in [5, 5.41) is 14.4. The lowest BCUT2D eigenvalue weighted by Crippen LogP contribution is -2.23. The molecule has 8 heteroatoms. The topological polar surface area (TPSA) is 91.2 Å². The van der Waals surface area contributed by atoms with Gasteiger partial charge in [-0.25, -0.2) is 15.0 Å². The summed E-state index contributed by atoms with van der Waals surface area (Å²) >= 11 is 1.59. The fraction of sp³-hybridized carbons (Fsp3) is 0.176. The van der Waals surface area contributed by atoms with E-state index in [-0.39, 0.29) is 0 Å². The second-order valence-electron chi connectivity index (χ2n) is 5.42. The van der Waals surface area contributed by atoms with E-state index in [1.807, 2.05) is 19.9 Å². The molecule has 25 heavy (non-hydrogen) atoms. The van der Waals surface area contributed by atoms with Crippen molar-refractivity contribution in [2.24, 2.45) is 0 Å². The molecule has 1 aromatic carbocycles. The molecule has 7 nitrogen and oxygen atoms in total. The lowest BCUT2D eigenvalue weighted by Gasteiger charge is -2.14. The maximum Gasteiger partial charge on any atom is 0.247 e. The average molecular weight is 355 g/mol. The van der Waals surface area contributed by atoms with Crippen LogP contribution in [-0.2, 0) is 4.79 Å². The lowest BCUT2D eigenvalue weighted by atomic mass is 10.2. The zero-order chi connectivity index (χ0) is 18.0. The van der Waals surface area contributed by atoms with E-state index in [1.54, 1.807) is 41.8 Å². The molecule has 3 aromatic rings. The Bertz CT molecular complexity index is 925. The second kappa shape index (κ2) is 6.96. The van der Waals surface area contributed by atoms with Crippen LogP contribution >= 0.6 is 11.3 Å². The molecule has 0 spiro atoms. The lowest BCUT2D eigenvalue weighted by molar-refractivity contribution is -0.121. The van der Waals surface area contributed by atoms with E-state index in [4.69, 9.17) is 0 Å². The molecule has 0 aliphatic rings. The van der Waals surface area contributed by atoms with Crippen LogP contribution in [-0.4, -0.2) is 26.1 Å². The summed E-state index contributed by atoms with van der Waals surface area (Å²) in [6.07, 6.45) is 1.68.